The van der Waals surface area contributed by atoms with Gasteiger partial charge in [-0.2, -0.15) is 0 Å². The lowest BCUT2D eigenvalue weighted by molar-refractivity contribution is -0.229. The second-order valence-electron chi connectivity index (χ2n) is 4.51. The molecule has 0 saturated carbocycles. The summed E-state index contributed by atoms with van der Waals surface area (Å²) in [7, 11) is 0. The lowest BCUT2D eigenvalue weighted by atomic mass is 9.89. The molecule has 1 aliphatic heterocycles. The van der Waals surface area contributed by atoms with Crippen molar-refractivity contribution in [2.45, 2.75) is 20.5 Å². The fourth-order valence-electron chi connectivity index (χ4n) is 1.76. The Labute approximate surface area is 96.0 Å². The fraction of sp³-hybridized carbons (Fsp3) is 0.462. The van der Waals surface area contributed by atoms with Crippen molar-refractivity contribution in [1.82, 2.24) is 5.06 Å². The zero-order valence-electron chi connectivity index (χ0n) is 9.72. The second kappa shape index (κ2) is 4.66. The molecule has 3 heteroatoms. The number of carbonyl (C=O) groups is 1. The smallest absolute Gasteiger partial charge is 0.251 e. The summed E-state index contributed by atoms with van der Waals surface area (Å²) in [5.74, 6) is 0.672. The molecule has 2 rings (SSSR count). The molecule has 0 N–H and O–H groups in total. The van der Waals surface area contributed by atoms with Crippen molar-refractivity contribution < 1.29 is 9.63 Å². The highest BCUT2D eigenvalue weighted by molar-refractivity contribution is 5.83. The number of hydrogen-bond acceptors (Lipinski definition) is 2. The Morgan fingerprint density at radius 1 is 1.38 bits per heavy atom. The van der Waals surface area contributed by atoms with Gasteiger partial charge in [0.05, 0.1) is 12.5 Å². The second-order valence-corrected chi connectivity index (χ2v) is 4.51. The third-order valence-corrected chi connectivity index (χ3v) is 2.96. The molecule has 0 unspecified atom stereocenters. The van der Waals surface area contributed by atoms with E-state index in [1.54, 1.807) is 0 Å². The lowest BCUT2D eigenvalue weighted by Crippen LogP contribution is -2.53. The van der Waals surface area contributed by atoms with E-state index in [4.69, 9.17) is 4.84 Å². The van der Waals surface area contributed by atoms with Gasteiger partial charge in [0.1, 0.15) is 6.61 Å². The monoisotopic (exact) mass is 219 g/mol. The van der Waals surface area contributed by atoms with Crippen LogP contribution in [0.1, 0.15) is 19.4 Å². The van der Waals surface area contributed by atoms with Gasteiger partial charge in [0.15, 0.2) is 0 Å². The number of benzene rings is 1. The largest absolute Gasteiger partial charge is 0.272 e. The van der Waals surface area contributed by atoms with Crippen LogP contribution in [-0.4, -0.2) is 17.5 Å². The minimum atomic E-state index is 0.117. The first-order valence-corrected chi connectivity index (χ1v) is 5.66. The Kier molecular flexibility index (Phi) is 3.25. The zero-order chi connectivity index (χ0) is 11.5. The zero-order valence-corrected chi connectivity index (χ0v) is 9.72. The van der Waals surface area contributed by atoms with Crippen LogP contribution < -0.4 is 0 Å². The number of hydrogen-bond donors (Lipinski definition) is 0. The first-order valence-electron chi connectivity index (χ1n) is 5.66. The van der Waals surface area contributed by atoms with Crippen LogP contribution in [0.15, 0.2) is 30.3 Å². The molecule has 1 aromatic rings. The van der Waals surface area contributed by atoms with Crippen molar-refractivity contribution in [3.05, 3.63) is 35.9 Å². The third kappa shape index (κ3) is 2.25. The highest BCUT2D eigenvalue weighted by Crippen LogP contribution is 2.25. The quantitative estimate of drug-likeness (QED) is 0.727. The Balaban J connectivity index is 1.79. The Morgan fingerprint density at radius 3 is 2.62 bits per heavy atom. The first-order chi connectivity index (χ1) is 7.68. The van der Waals surface area contributed by atoms with E-state index < -0.39 is 0 Å². The minimum absolute atomic E-state index is 0.117. The topological polar surface area (TPSA) is 29.5 Å². The molecular formula is C13H17NO2. The van der Waals surface area contributed by atoms with E-state index in [0.717, 1.165) is 12.1 Å². The van der Waals surface area contributed by atoms with Gasteiger partial charge in [-0.3, -0.25) is 9.63 Å². The van der Waals surface area contributed by atoms with E-state index in [-0.39, 0.29) is 11.8 Å². The van der Waals surface area contributed by atoms with Gasteiger partial charge in [-0.25, -0.2) is 5.06 Å². The predicted octanol–water partition coefficient (Wildman–Crippen LogP) is 2.23. The SMILES string of the molecule is CC(C)[C@@H]1CN(OCc2ccccc2)C1=O. The van der Waals surface area contributed by atoms with Crippen LogP contribution in [0.2, 0.25) is 0 Å². The summed E-state index contributed by atoms with van der Waals surface area (Å²) < 4.78 is 0. The minimum Gasteiger partial charge on any atom is -0.272 e. The summed E-state index contributed by atoms with van der Waals surface area (Å²) in [6.45, 7) is 5.33. The van der Waals surface area contributed by atoms with Gasteiger partial charge >= 0.3 is 0 Å². The maximum absolute atomic E-state index is 11.6. The summed E-state index contributed by atoms with van der Waals surface area (Å²) in [4.78, 5) is 17.1. The van der Waals surface area contributed by atoms with E-state index in [9.17, 15) is 4.79 Å². The van der Waals surface area contributed by atoms with E-state index in [0.29, 0.717) is 12.5 Å². The molecule has 0 spiro atoms. The highest BCUT2D eigenvalue weighted by atomic mass is 16.7. The molecule has 1 aliphatic rings. The molecule has 1 atom stereocenters. The van der Waals surface area contributed by atoms with Crippen LogP contribution in [0.5, 0.6) is 0 Å². The molecule has 1 aromatic carbocycles. The summed E-state index contributed by atoms with van der Waals surface area (Å²) in [5, 5.41) is 1.47. The summed E-state index contributed by atoms with van der Waals surface area (Å²) >= 11 is 0. The van der Waals surface area contributed by atoms with Crippen molar-refractivity contribution in [2.24, 2.45) is 11.8 Å². The molecule has 1 saturated heterocycles. The molecule has 86 valence electrons. The van der Waals surface area contributed by atoms with Crippen molar-refractivity contribution in [3.8, 4) is 0 Å². The van der Waals surface area contributed by atoms with Crippen molar-refractivity contribution in [3.63, 3.8) is 0 Å². The number of nitrogens with zero attached hydrogens (tertiary/aromatic N) is 1. The average molecular weight is 219 g/mol. The van der Waals surface area contributed by atoms with Crippen molar-refractivity contribution >= 4 is 5.91 Å². The van der Waals surface area contributed by atoms with Gasteiger partial charge in [-0.1, -0.05) is 44.2 Å². The first kappa shape index (κ1) is 11.1. The number of hydroxylamine groups is 2. The third-order valence-electron chi connectivity index (χ3n) is 2.96. The maximum atomic E-state index is 11.6. The van der Waals surface area contributed by atoms with Gasteiger partial charge in [0.2, 0.25) is 0 Å². The number of carbonyl (C=O) groups excluding carboxylic acids is 1. The van der Waals surface area contributed by atoms with Gasteiger partial charge in [0, 0.05) is 0 Å². The Hall–Kier alpha value is -1.35. The average Bonchev–Trinajstić information content (AvgIpc) is 2.28. The Morgan fingerprint density at radius 2 is 2.06 bits per heavy atom. The van der Waals surface area contributed by atoms with E-state index in [1.807, 2.05) is 30.3 Å². The van der Waals surface area contributed by atoms with Crippen LogP contribution in [0.25, 0.3) is 0 Å². The van der Waals surface area contributed by atoms with Crippen LogP contribution in [-0.2, 0) is 16.2 Å². The van der Waals surface area contributed by atoms with Crippen LogP contribution in [0, 0.1) is 11.8 Å². The Bertz CT molecular complexity index is 361. The summed E-state index contributed by atoms with van der Waals surface area (Å²) in [5.41, 5.74) is 1.09. The van der Waals surface area contributed by atoms with Gasteiger partial charge in [-0.15, -0.1) is 0 Å². The fourth-order valence-corrected chi connectivity index (χ4v) is 1.76. The van der Waals surface area contributed by atoms with Crippen LogP contribution in [0.4, 0.5) is 0 Å². The molecule has 0 bridgehead atoms. The molecule has 16 heavy (non-hydrogen) atoms. The summed E-state index contributed by atoms with van der Waals surface area (Å²) in [6, 6.07) is 9.88. The van der Waals surface area contributed by atoms with Crippen LogP contribution in [0.3, 0.4) is 0 Å². The molecule has 0 aliphatic carbocycles. The molecular weight excluding hydrogens is 202 g/mol. The number of amides is 1. The molecule has 3 nitrogen and oxygen atoms in total. The molecule has 1 heterocycles. The van der Waals surface area contributed by atoms with Gasteiger partial charge < -0.3 is 0 Å². The summed E-state index contributed by atoms with van der Waals surface area (Å²) in [6.07, 6.45) is 0. The van der Waals surface area contributed by atoms with Gasteiger partial charge in [-0.05, 0) is 11.5 Å². The van der Waals surface area contributed by atoms with Crippen molar-refractivity contribution in [2.75, 3.05) is 6.54 Å². The standard InChI is InChI=1S/C13H17NO2/c1-10(2)12-8-14(13(12)15)16-9-11-6-4-3-5-7-11/h3-7,10,12H,8-9H2,1-2H3/t12-/m0/s1. The van der Waals surface area contributed by atoms with E-state index >= 15 is 0 Å². The number of rotatable bonds is 4. The lowest BCUT2D eigenvalue weighted by Gasteiger charge is -2.39. The molecule has 0 aromatic heterocycles. The van der Waals surface area contributed by atoms with E-state index in [2.05, 4.69) is 13.8 Å². The van der Waals surface area contributed by atoms with E-state index in [1.165, 1.54) is 5.06 Å². The number of β-lactam (4-membered cyclic amide) rings is 1. The molecule has 0 radical (unpaired) electrons. The predicted molar refractivity (Wildman–Crippen MR) is 61.3 cm³/mol. The van der Waals surface area contributed by atoms with Crippen LogP contribution >= 0.6 is 0 Å². The molecule has 1 amide bonds. The maximum Gasteiger partial charge on any atom is 0.251 e. The molecule has 1 fully saturated rings. The highest BCUT2D eigenvalue weighted by Gasteiger charge is 2.39. The van der Waals surface area contributed by atoms with Gasteiger partial charge in [0.25, 0.3) is 5.91 Å². The van der Waals surface area contributed by atoms with Crippen molar-refractivity contribution in [1.29, 1.82) is 0 Å². The normalized spacial score (nSPS) is 20.1.